The van der Waals surface area contributed by atoms with Crippen molar-refractivity contribution in [2.24, 2.45) is 0 Å². The summed E-state index contributed by atoms with van der Waals surface area (Å²) in [7, 11) is -1.78. The molecule has 0 amide bonds. The molecule has 0 aliphatic carbocycles. The van der Waals surface area contributed by atoms with Crippen LogP contribution in [0.5, 0.6) is 0 Å². The number of aromatic nitrogens is 2. The molecule has 0 saturated heterocycles. The highest BCUT2D eigenvalue weighted by Gasteiger charge is 2.19. The van der Waals surface area contributed by atoms with Crippen molar-refractivity contribution in [3.63, 3.8) is 0 Å². The van der Waals surface area contributed by atoms with Crippen LogP contribution in [0.25, 0.3) is 0 Å². The van der Waals surface area contributed by atoms with Gasteiger partial charge in [0, 0.05) is 22.9 Å². The number of nitrogens with one attached hydrogen (secondary N) is 3. The van der Waals surface area contributed by atoms with E-state index in [1.165, 1.54) is 6.33 Å². The van der Waals surface area contributed by atoms with E-state index in [2.05, 4.69) is 35.9 Å². The van der Waals surface area contributed by atoms with Gasteiger partial charge in [0.1, 0.15) is 0 Å². The lowest BCUT2D eigenvalue weighted by molar-refractivity contribution is 0.579. The average molecular weight is 373 g/mol. The fourth-order valence-corrected chi connectivity index (χ4v) is 4.02. The number of aromatic amines is 1. The van der Waals surface area contributed by atoms with Gasteiger partial charge in [-0.05, 0) is 47.1 Å². The summed E-state index contributed by atoms with van der Waals surface area (Å²) in [5.74, 6) is 0. The number of halogens is 1. The van der Waals surface area contributed by atoms with E-state index in [1.54, 1.807) is 12.3 Å². The molecule has 1 heterocycles. The first-order chi connectivity index (χ1) is 9.94. The van der Waals surface area contributed by atoms with Gasteiger partial charge in [-0.3, -0.25) is 0 Å². The fraction of sp³-hybridized carbons (Fsp3) is 0.308. The van der Waals surface area contributed by atoms with Crippen molar-refractivity contribution in [2.45, 2.75) is 24.9 Å². The molecule has 0 atom stereocenters. The first-order valence-electron chi connectivity index (χ1n) is 6.34. The van der Waals surface area contributed by atoms with Crippen LogP contribution in [-0.4, -0.2) is 25.4 Å². The van der Waals surface area contributed by atoms with Gasteiger partial charge in [0.25, 0.3) is 0 Å². The Hall–Kier alpha value is -1.22. The van der Waals surface area contributed by atoms with Gasteiger partial charge in [0.15, 0.2) is 0 Å². The third-order valence-electron chi connectivity index (χ3n) is 2.96. The Morgan fingerprint density at radius 3 is 2.71 bits per heavy atom. The van der Waals surface area contributed by atoms with Crippen molar-refractivity contribution >= 4 is 26.0 Å². The summed E-state index contributed by atoms with van der Waals surface area (Å²) in [6.07, 6.45) is 3.09. The van der Waals surface area contributed by atoms with E-state index >= 15 is 0 Å². The van der Waals surface area contributed by atoms with Crippen molar-refractivity contribution in [1.82, 2.24) is 20.0 Å². The summed E-state index contributed by atoms with van der Waals surface area (Å²) in [6.45, 7) is 2.65. The first kappa shape index (κ1) is 16.2. The van der Waals surface area contributed by atoms with Crippen LogP contribution in [0.3, 0.4) is 0 Å². The van der Waals surface area contributed by atoms with Gasteiger partial charge in [-0.25, -0.2) is 18.1 Å². The van der Waals surface area contributed by atoms with Crippen LogP contribution in [0, 0.1) is 6.92 Å². The molecule has 2 rings (SSSR count). The maximum Gasteiger partial charge on any atom is 0.242 e. The maximum atomic E-state index is 12.5. The molecule has 0 aliphatic heterocycles. The van der Waals surface area contributed by atoms with Gasteiger partial charge < -0.3 is 10.3 Å². The number of H-pyrrole nitrogens is 1. The second kappa shape index (κ2) is 6.69. The number of sulfonamides is 1. The van der Waals surface area contributed by atoms with E-state index in [1.807, 2.05) is 20.0 Å². The van der Waals surface area contributed by atoms with E-state index in [9.17, 15) is 8.42 Å². The number of hydrogen-bond donors (Lipinski definition) is 3. The van der Waals surface area contributed by atoms with E-state index in [-0.39, 0.29) is 11.4 Å². The highest BCUT2D eigenvalue weighted by Crippen LogP contribution is 2.27. The normalized spacial score (nSPS) is 11.8. The molecule has 6 nitrogen and oxygen atoms in total. The minimum atomic E-state index is -3.60. The van der Waals surface area contributed by atoms with Crippen LogP contribution < -0.4 is 10.0 Å². The van der Waals surface area contributed by atoms with E-state index in [4.69, 9.17) is 0 Å². The van der Waals surface area contributed by atoms with Crippen LogP contribution in [-0.2, 0) is 23.1 Å². The van der Waals surface area contributed by atoms with Crippen molar-refractivity contribution in [3.8, 4) is 0 Å². The van der Waals surface area contributed by atoms with Crippen LogP contribution in [0.2, 0.25) is 0 Å². The molecule has 0 bridgehead atoms. The lowest BCUT2D eigenvalue weighted by Crippen LogP contribution is -2.24. The first-order valence-corrected chi connectivity index (χ1v) is 8.62. The van der Waals surface area contributed by atoms with E-state index in [0.717, 1.165) is 11.1 Å². The van der Waals surface area contributed by atoms with Gasteiger partial charge in [-0.2, -0.15) is 0 Å². The van der Waals surface area contributed by atoms with E-state index < -0.39 is 10.0 Å². The molecule has 114 valence electrons. The molecule has 0 fully saturated rings. The highest BCUT2D eigenvalue weighted by atomic mass is 79.9. The van der Waals surface area contributed by atoms with E-state index in [0.29, 0.717) is 16.7 Å². The highest BCUT2D eigenvalue weighted by molar-refractivity contribution is 9.10. The number of nitrogens with zero attached hydrogens (tertiary/aromatic N) is 1. The number of hydrogen-bond acceptors (Lipinski definition) is 4. The molecule has 0 radical (unpaired) electrons. The molecular formula is C13H17BrN4O2S. The van der Waals surface area contributed by atoms with Gasteiger partial charge in [0.05, 0.1) is 17.8 Å². The quantitative estimate of drug-likeness (QED) is 0.719. The Morgan fingerprint density at radius 1 is 1.33 bits per heavy atom. The number of aryl methyl sites for hydroxylation is 1. The van der Waals surface area contributed by atoms with Gasteiger partial charge in [0.2, 0.25) is 10.0 Å². The number of rotatable bonds is 6. The Morgan fingerprint density at radius 2 is 2.10 bits per heavy atom. The average Bonchev–Trinajstić information content (AvgIpc) is 2.94. The lowest BCUT2D eigenvalue weighted by atomic mass is 10.1. The molecule has 8 heteroatoms. The van der Waals surface area contributed by atoms with Crippen molar-refractivity contribution in [1.29, 1.82) is 0 Å². The SMILES string of the molecule is CNCc1cc(C)c(Br)c(S(=O)(=O)NCc2cnc[nH]2)c1. The fourth-order valence-electron chi connectivity index (χ4n) is 1.94. The maximum absolute atomic E-state index is 12.5. The zero-order valence-corrected chi connectivity index (χ0v) is 14.2. The predicted molar refractivity (Wildman–Crippen MR) is 84.3 cm³/mol. The molecule has 1 aromatic heterocycles. The van der Waals surface area contributed by atoms with Crippen LogP contribution in [0.4, 0.5) is 0 Å². The van der Waals surface area contributed by atoms with Gasteiger partial charge in [-0.1, -0.05) is 6.07 Å². The van der Waals surface area contributed by atoms with Crippen LogP contribution in [0.15, 0.2) is 34.0 Å². The van der Waals surface area contributed by atoms with Crippen molar-refractivity contribution < 1.29 is 8.42 Å². The number of benzene rings is 1. The van der Waals surface area contributed by atoms with Crippen LogP contribution >= 0.6 is 15.9 Å². The Bertz CT molecular complexity index is 714. The smallest absolute Gasteiger partial charge is 0.242 e. The predicted octanol–water partition coefficient (Wildman–Crippen LogP) is 1.68. The Kier molecular flexibility index (Phi) is 5.15. The standard InChI is InChI=1S/C13H17BrN4O2S/c1-9-3-10(5-15-2)4-12(13(9)14)21(19,20)18-7-11-6-16-8-17-11/h3-4,6,8,15,18H,5,7H2,1-2H3,(H,16,17). The molecular weight excluding hydrogens is 356 g/mol. The Balaban J connectivity index is 2.30. The van der Waals surface area contributed by atoms with Gasteiger partial charge >= 0.3 is 0 Å². The molecule has 21 heavy (non-hydrogen) atoms. The largest absolute Gasteiger partial charge is 0.347 e. The molecule has 0 spiro atoms. The molecule has 1 aromatic carbocycles. The monoisotopic (exact) mass is 372 g/mol. The molecule has 0 aliphatic rings. The van der Waals surface area contributed by atoms with Crippen molar-refractivity contribution in [3.05, 3.63) is 46.0 Å². The zero-order valence-electron chi connectivity index (χ0n) is 11.8. The van der Waals surface area contributed by atoms with Gasteiger partial charge in [-0.15, -0.1) is 0 Å². The lowest BCUT2D eigenvalue weighted by Gasteiger charge is -2.12. The summed E-state index contributed by atoms with van der Waals surface area (Å²) >= 11 is 3.36. The molecule has 3 N–H and O–H groups in total. The second-order valence-electron chi connectivity index (χ2n) is 4.66. The summed E-state index contributed by atoms with van der Waals surface area (Å²) in [6, 6.07) is 3.62. The Labute approximate surface area is 132 Å². The topological polar surface area (TPSA) is 86.9 Å². The second-order valence-corrected chi connectivity index (χ2v) is 7.18. The number of imidazole rings is 1. The molecule has 0 unspecified atom stereocenters. The molecule has 0 saturated carbocycles. The third-order valence-corrected chi connectivity index (χ3v) is 5.70. The van der Waals surface area contributed by atoms with Crippen LogP contribution in [0.1, 0.15) is 16.8 Å². The minimum Gasteiger partial charge on any atom is -0.347 e. The summed E-state index contributed by atoms with van der Waals surface area (Å²) in [5, 5.41) is 3.02. The minimum absolute atomic E-state index is 0.171. The third kappa shape index (κ3) is 3.91. The molecule has 2 aromatic rings. The summed E-state index contributed by atoms with van der Waals surface area (Å²) in [5.41, 5.74) is 2.50. The zero-order chi connectivity index (χ0) is 15.5. The summed E-state index contributed by atoms with van der Waals surface area (Å²) < 4.78 is 28.1. The van der Waals surface area contributed by atoms with Crippen molar-refractivity contribution in [2.75, 3.05) is 7.05 Å². The summed E-state index contributed by atoms with van der Waals surface area (Å²) in [4.78, 5) is 6.96.